The van der Waals surface area contributed by atoms with Gasteiger partial charge in [-0.15, -0.1) is 10.2 Å². The minimum atomic E-state index is 0.0458. The molecule has 6 nitrogen and oxygen atoms in total. The fourth-order valence-corrected chi connectivity index (χ4v) is 4.51. The van der Waals surface area contributed by atoms with Gasteiger partial charge in [0.15, 0.2) is 5.16 Å². The molecule has 2 aromatic rings. The highest BCUT2D eigenvalue weighted by Crippen LogP contribution is 2.22. The van der Waals surface area contributed by atoms with E-state index in [4.69, 9.17) is 0 Å². The number of benzene rings is 1. The molecule has 0 unspecified atom stereocenters. The van der Waals surface area contributed by atoms with Crippen molar-refractivity contribution in [2.75, 3.05) is 25.4 Å². The number of thioether (sulfide) groups is 1. The lowest BCUT2D eigenvalue weighted by Gasteiger charge is -2.38. The van der Waals surface area contributed by atoms with Crippen LogP contribution in [0.1, 0.15) is 39.2 Å². The van der Waals surface area contributed by atoms with Crippen molar-refractivity contribution in [3.8, 4) is 5.69 Å². The van der Waals surface area contributed by atoms with Gasteiger partial charge in [-0.05, 0) is 56.8 Å². The monoisotopic (exact) mass is 415 g/mol. The summed E-state index contributed by atoms with van der Waals surface area (Å²) in [5.41, 5.74) is 2.21. The van der Waals surface area contributed by atoms with Crippen LogP contribution in [0.25, 0.3) is 5.69 Å². The molecule has 7 heteroatoms. The summed E-state index contributed by atoms with van der Waals surface area (Å²) in [7, 11) is 0. The molecule has 29 heavy (non-hydrogen) atoms. The van der Waals surface area contributed by atoms with Crippen LogP contribution >= 0.6 is 11.8 Å². The maximum Gasteiger partial charge on any atom is 0.230 e. The fourth-order valence-electron chi connectivity index (χ4n) is 3.75. The van der Waals surface area contributed by atoms with Crippen molar-refractivity contribution in [1.82, 2.24) is 25.0 Å². The Morgan fingerprint density at radius 3 is 2.59 bits per heavy atom. The highest BCUT2D eigenvalue weighted by atomic mass is 32.2. The molecule has 1 fully saturated rings. The van der Waals surface area contributed by atoms with Gasteiger partial charge in [0.2, 0.25) is 5.91 Å². The van der Waals surface area contributed by atoms with Crippen LogP contribution < -0.4 is 5.32 Å². The number of aromatic nitrogens is 3. The average molecular weight is 416 g/mol. The van der Waals surface area contributed by atoms with Gasteiger partial charge >= 0.3 is 0 Å². The molecule has 1 aromatic carbocycles. The zero-order chi connectivity index (χ0) is 20.8. The van der Waals surface area contributed by atoms with Gasteiger partial charge in [-0.1, -0.05) is 50.2 Å². The zero-order valence-corrected chi connectivity index (χ0v) is 18.8. The van der Waals surface area contributed by atoms with Crippen LogP contribution in [0.5, 0.6) is 0 Å². The van der Waals surface area contributed by atoms with E-state index in [1.165, 1.54) is 30.2 Å². The Labute approximate surface area is 178 Å². The van der Waals surface area contributed by atoms with E-state index in [0.717, 1.165) is 29.9 Å². The van der Waals surface area contributed by atoms with E-state index in [-0.39, 0.29) is 5.91 Å². The lowest BCUT2D eigenvalue weighted by molar-refractivity contribution is -0.118. The zero-order valence-electron chi connectivity index (χ0n) is 18.0. The summed E-state index contributed by atoms with van der Waals surface area (Å²) in [4.78, 5) is 15.0. The molecular formula is C22H33N5OS. The Hall–Kier alpha value is -1.86. The van der Waals surface area contributed by atoms with Gasteiger partial charge in [-0.2, -0.15) is 0 Å². The van der Waals surface area contributed by atoms with Crippen LogP contribution in [0.3, 0.4) is 0 Å². The number of likely N-dealkylation sites (tertiary alicyclic amines) is 1. The minimum Gasteiger partial charge on any atom is -0.354 e. The van der Waals surface area contributed by atoms with Gasteiger partial charge in [-0.3, -0.25) is 14.3 Å². The third-order valence-electron chi connectivity index (χ3n) is 5.73. The molecule has 158 valence electrons. The van der Waals surface area contributed by atoms with E-state index in [1.807, 2.05) is 16.7 Å². The molecule has 1 amide bonds. The number of carbonyl (C=O) groups is 1. The Bertz CT molecular complexity index is 781. The lowest BCUT2D eigenvalue weighted by atomic mass is 9.94. The van der Waals surface area contributed by atoms with Crippen LogP contribution in [0, 0.1) is 18.8 Å². The van der Waals surface area contributed by atoms with E-state index in [2.05, 4.69) is 60.2 Å². The predicted molar refractivity (Wildman–Crippen MR) is 118 cm³/mol. The minimum absolute atomic E-state index is 0.0458. The van der Waals surface area contributed by atoms with E-state index >= 15 is 0 Å². The quantitative estimate of drug-likeness (QED) is 0.668. The maximum atomic E-state index is 12.5. The van der Waals surface area contributed by atoms with Gasteiger partial charge < -0.3 is 5.32 Å². The average Bonchev–Trinajstić information content (AvgIpc) is 3.17. The summed E-state index contributed by atoms with van der Waals surface area (Å²) in [5.74, 6) is 1.72. The molecule has 0 saturated carbocycles. The van der Waals surface area contributed by atoms with E-state index < -0.39 is 0 Å². The van der Waals surface area contributed by atoms with E-state index in [9.17, 15) is 4.79 Å². The van der Waals surface area contributed by atoms with Crippen LogP contribution in [-0.2, 0) is 4.79 Å². The first-order chi connectivity index (χ1) is 13.9. The SMILES string of the molecule is Cc1ccc(-n2cnnc2SCC(=O)NC[C@@H](C(C)C)N2CCC(C)CC2)cc1. The second-order valence-corrected chi connectivity index (χ2v) is 9.38. The molecule has 0 bridgehead atoms. The largest absolute Gasteiger partial charge is 0.354 e. The van der Waals surface area contributed by atoms with Crippen molar-refractivity contribution < 1.29 is 4.79 Å². The molecule has 0 spiro atoms. The van der Waals surface area contributed by atoms with Crippen LogP contribution in [0.15, 0.2) is 35.7 Å². The number of carbonyl (C=O) groups excluding carboxylic acids is 1. The molecule has 2 heterocycles. The van der Waals surface area contributed by atoms with Crippen LogP contribution in [0.4, 0.5) is 0 Å². The molecule has 1 atom stereocenters. The van der Waals surface area contributed by atoms with Gasteiger partial charge in [0.05, 0.1) is 5.75 Å². The second-order valence-electron chi connectivity index (χ2n) is 8.44. The predicted octanol–water partition coefficient (Wildman–Crippen LogP) is 3.54. The highest BCUT2D eigenvalue weighted by Gasteiger charge is 2.26. The number of hydrogen-bond acceptors (Lipinski definition) is 5. The number of hydrogen-bond donors (Lipinski definition) is 1. The van der Waals surface area contributed by atoms with Gasteiger partial charge in [0, 0.05) is 18.3 Å². The number of aryl methyl sites for hydroxylation is 1. The summed E-state index contributed by atoms with van der Waals surface area (Å²) >= 11 is 1.42. The molecule has 1 saturated heterocycles. The summed E-state index contributed by atoms with van der Waals surface area (Å²) in [5, 5.41) is 12.1. The van der Waals surface area contributed by atoms with Crippen molar-refractivity contribution in [2.45, 2.75) is 51.7 Å². The number of amides is 1. The smallest absolute Gasteiger partial charge is 0.230 e. The van der Waals surface area contributed by atoms with Gasteiger partial charge in [0.25, 0.3) is 0 Å². The second kappa shape index (κ2) is 10.3. The van der Waals surface area contributed by atoms with Crippen molar-refractivity contribution in [2.24, 2.45) is 11.8 Å². The molecular weight excluding hydrogens is 382 g/mol. The molecule has 3 rings (SSSR count). The molecule has 0 aliphatic carbocycles. The lowest BCUT2D eigenvalue weighted by Crippen LogP contribution is -2.49. The Balaban J connectivity index is 1.51. The van der Waals surface area contributed by atoms with Gasteiger partial charge in [0.1, 0.15) is 6.33 Å². The van der Waals surface area contributed by atoms with Crippen LogP contribution in [0.2, 0.25) is 0 Å². The summed E-state index contributed by atoms with van der Waals surface area (Å²) in [6.45, 7) is 11.8. The molecule has 1 aromatic heterocycles. The normalized spacial score (nSPS) is 16.9. The summed E-state index contributed by atoms with van der Waals surface area (Å²) in [6, 6.07) is 8.59. The number of rotatable bonds is 8. The first-order valence-corrected chi connectivity index (χ1v) is 11.5. The van der Waals surface area contributed by atoms with Gasteiger partial charge in [-0.25, -0.2) is 0 Å². The number of piperidine rings is 1. The third kappa shape index (κ3) is 6.06. The standard InChI is InChI=1S/C22H33N5OS/c1-16(2)20(26-11-9-18(4)10-12-26)13-23-21(28)14-29-22-25-24-15-27(22)19-7-5-17(3)6-8-19/h5-8,15-16,18,20H,9-14H2,1-4H3,(H,23,28)/t20-/m0/s1. The maximum absolute atomic E-state index is 12.5. The van der Waals surface area contributed by atoms with E-state index in [1.54, 1.807) is 6.33 Å². The van der Waals surface area contributed by atoms with Crippen molar-refractivity contribution in [1.29, 1.82) is 0 Å². The van der Waals surface area contributed by atoms with Crippen molar-refractivity contribution >= 4 is 17.7 Å². The number of nitrogens with zero attached hydrogens (tertiary/aromatic N) is 4. The summed E-state index contributed by atoms with van der Waals surface area (Å²) < 4.78 is 1.92. The van der Waals surface area contributed by atoms with Crippen LogP contribution in [-0.4, -0.2) is 57.0 Å². The topological polar surface area (TPSA) is 63.1 Å². The Kier molecular flexibility index (Phi) is 7.72. The molecule has 0 radical (unpaired) electrons. The first kappa shape index (κ1) is 21.8. The molecule has 1 aliphatic rings. The third-order valence-corrected chi connectivity index (χ3v) is 6.67. The first-order valence-electron chi connectivity index (χ1n) is 10.5. The van der Waals surface area contributed by atoms with Crippen molar-refractivity contribution in [3.63, 3.8) is 0 Å². The Morgan fingerprint density at radius 2 is 1.93 bits per heavy atom. The summed E-state index contributed by atoms with van der Waals surface area (Å²) in [6.07, 6.45) is 4.19. The molecule has 1 N–H and O–H groups in total. The highest BCUT2D eigenvalue weighted by molar-refractivity contribution is 7.99. The van der Waals surface area contributed by atoms with E-state index in [0.29, 0.717) is 24.3 Å². The van der Waals surface area contributed by atoms with Crippen molar-refractivity contribution in [3.05, 3.63) is 36.2 Å². The fraction of sp³-hybridized carbons (Fsp3) is 0.591. The number of nitrogens with one attached hydrogen (secondary N) is 1. The Morgan fingerprint density at radius 1 is 1.24 bits per heavy atom. The molecule has 1 aliphatic heterocycles.